The summed E-state index contributed by atoms with van der Waals surface area (Å²) in [6.45, 7) is 2.81. The van der Waals surface area contributed by atoms with Crippen LogP contribution < -0.4 is 5.32 Å². The molecule has 0 aliphatic heterocycles. The maximum atomic E-state index is 12.0. The number of hydrogen-bond donors (Lipinski definition) is 2. The van der Waals surface area contributed by atoms with Crippen LogP contribution >= 0.6 is 0 Å². The molecule has 0 atom stereocenters. The van der Waals surface area contributed by atoms with Crippen molar-refractivity contribution < 1.29 is 23.1 Å². The summed E-state index contributed by atoms with van der Waals surface area (Å²) in [5.41, 5.74) is -0.989. The van der Waals surface area contributed by atoms with Crippen LogP contribution in [0.4, 0.5) is 10.5 Å². The van der Waals surface area contributed by atoms with Gasteiger partial charge in [0.2, 0.25) is 0 Å². The average molecular weight is 314 g/mol. The molecule has 2 amide bonds. The SMILES string of the molecule is CN(C(=O)Nc1ccc(S(C)(=O)=O)cc1)C(C)(C)C(=O)O. The lowest BCUT2D eigenvalue weighted by Gasteiger charge is -2.31. The smallest absolute Gasteiger partial charge is 0.329 e. The van der Waals surface area contributed by atoms with Crippen LogP contribution in [-0.4, -0.2) is 49.3 Å². The molecule has 0 saturated carbocycles. The van der Waals surface area contributed by atoms with E-state index in [1.807, 2.05) is 0 Å². The predicted molar refractivity (Wildman–Crippen MR) is 78.0 cm³/mol. The summed E-state index contributed by atoms with van der Waals surface area (Å²) in [6, 6.07) is 5.02. The summed E-state index contributed by atoms with van der Waals surface area (Å²) < 4.78 is 22.6. The second-order valence-electron chi connectivity index (χ2n) is 5.15. The summed E-state index contributed by atoms with van der Waals surface area (Å²) in [7, 11) is -1.93. The maximum Gasteiger partial charge on any atom is 0.329 e. The van der Waals surface area contributed by atoms with Crippen molar-refractivity contribution in [2.45, 2.75) is 24.3 Å². The molecule has 0 fully saturated rings. The predicted octanol–water partition coefficient (Wildman–Crippen LogP) is 1.42. The van der Waals surface area contributed by atoms with Gasteiger partial charge in [-0.1, -0.05) is 0 Å². The van der Waals surface area contributed by atoms with E-state index in [0.29, 0.717) is 5.69 Å². The lowest BCUT2D eigenvalue weighted by Crippen LogP contribution is -2.52. The van der Waals surface area contributed by atoms with E-state index in [4.69, 9.17) is 5.11 Å². The van der Waals surface area contributed by atoms with Gasteiger partial charge in [0.05, 0.1) is 4.90 Å². The molecule has 0 aliphatic carbocycles. The van der Waals surface area contributed by atoms with E-state index in [0.717, 1.165) is 11.2 Å². The molecule has 0 heterocycles. The number of carbonyl (C=O) groups is 2. The first-order valence-electron chi connectivity index (χ1n) is 6.04. The Morgan fingerprint density at radius 1 is 1.19 bits per heavy atom. The Labute approximate surface area is 123 Å². The molecule has 0 bridgehead atoms. The van der Waals surface area contributed by atoms with Gasteiger partial charge in [-0.2, -0.15) is 0 Å². The van der Waals surface area contributed by atoms with Crippen molar-refractivity contribution in [1.29, 1.82) is 0 Å². The van der Waals surface area contributed by atoms with Crippen LogP contribution in [0, 0.1) is 0 Å². The summed E-state index contributed by atoms with van der Waals surface area (Å²) in [5, 5.41) is 11.6. The number of carboxylic acid groups (broad SMARTS) is 1. The quantitative estimate of drug-likeness (QED) is 0.874. The lowest BCUT2D eigenvalue weighted by molar-refractivity contribution is -0.146. The highest BCUT2D eigenvalue weighted by Gasteiger charge is 2.35. The van der Waals surface area contributed by atoms with Crippen molar-refractivity contribution in [3.8, 4) is 0 Å². The number of nitrogens with zero attached hydrogens (tertiary/aromatic N) is 1. The number of carbonyl (C=O) groups excluding carboxylic acids is 1. The van der Waals surface area contributed by atoms with Crippen LogP contribution in [0.1, 0.15) is 13.8 Å². The monoisotopic (exact) mass is 314 g/mol. The molecule has 0 saturated heterocycles. The van der Waals surface area contributed by atoms with Crippen LogP contribution in [0.2, 0.25) is 0 Å². The number of amides is 2. The Hall–Kier alpha value is -2.09. The molecule has 0 unspecified atom stereocenters. The molecule has 0 aromatic heterocycles. The van der Waals surface area contributed by atoms with E-state index in [-0.39, 0.29) is 4.90 Å². The highest BCUT2D eigenvalue weighted by atomic mass is 32.2. The third kappa shape index (κ3) is 3.94. The summed E-state index contributed by atoms with van der Waals surface area (Å²) in [6.07, 6.45) is 1.09. The number of carboxylic acids is 1. The van der Waals surface area contributed by atoms with Crippen molar-refractivity contribution in [3.05, 3.63) is 24.3 Å². The van der Waals surface area contributed by atoms with Gasteiger partial charge in [0.15, 0.2) is 9.84 Å². The van der Waals surface area contributed by atoms with Crippen molar-refractivity contribution in [1.82, 2.24) is 4.90 Å². The van der Waals surface area contributed by atoms with Crippen LogP contribution in [0.3, 0.4) is 0 Å². The Bertz CT molecular complexity index is 650. The zero-order valence-electron chi connectivity index (χ0n) is 12.2. The highest BCUT2D eigenvalue weighted by Crippen LogP contribution is 2.17. The topological polar surface area (TPSA) is 104 Å². The van der Waals surface area contributed by atoms with E-state index < -0.39 is 27.4 Å². The second-order valence-corrected chi connectivity index (χ2v) is 7.17. The minimum absolute atomic E-state index is 0.139. The average Bonchev–Trinajstić information content (AvgIpc) is 2.37. The number of likely N-dealkylation sites (N-methyl/N-ethyl adjacent to an activating group) is 1. The van der Waals surface area contributed by atoms with Gasteiger partial charge in [0.1, 0.15) is 5.54 Å². The van der Waals surface area contributed by atoms with Crippen LogP contribution in [0.5, 0.6) is 0 Å². The number of urea groups is 1. The zero-order chi connectivity index (χ0) is 16.4. The Kier molecular flexibility index (Phi) is 4.62. The van der Waals surface area contributed by atoms with Gasteiger partial charge < -0.3 is 15.3 Å². The van der Waals surface area contributed by atoms with E-state index >= 15 is 0 Å². The van der Waals surface area contributed by atoms with Crippen molar-refractivity contribution >= 4 is 27.5 Å². The molecule has 8 heteroatoms. The fourth-order valence-electron chi connectivity index (χ4n) is 1.39. The number of aliphatic carboxylic acids is 1. The van der Waals surface area contributed by atoms with Gasteiger partial charge in [-0.15, -0.1) is 0 Å². The van der Waals surface area contributed by atoms with Gasteiger partial charge in [0.25, 0.3) is 0 Å². The van der Waals surface area contributed by atoms with Crippen LogP contribution in [0.25, 0.3) is 0 Å². The third-order valence-electron chi connectivity index (χ3n) is 3.20. The highest BCUT2D eigenvalue weighted by molar-refractivity contribution is 7.90. The first kappa shape index (κ1) is 17.0. The second kappa shape index (κ2) is 5.72. The first-order chi connectivity index (χ1) is 9.46. The van der Waals surface area contributed by atoms with E-state index in [1.165, 1.54) is 45.2 Å². The summed E-state index contributed by atoms with van der Waals surface area (Å²) in [4.78, 5) is 24.3. The lowest BCUT2D eigenvalue weighted by atomic mass is 10.1. The van der Waals surface area contributed by atoms with E-state index in [9.17, 15) is 18.0 Å². The third-order valence-corrected chi connectivity index (χ3v) is 4.33. The molecule has 0 radical (unpaired) electrons. The zero-order valence-corrected chi connectivity index (χ0v) is 13.1. The standard InChI is InChI=1S/C13H18N2O5S/c1-13(2,11(16)17)15(3)12(18)14-9-5-7-10(8-6-9)21(4,19)20/h5-8H,1-4H3,(H,14,18)(H,16,17). The number of anilines is 1. The fraction of sp³-hybridized carbons (Fsp3) is 0.385. The molecule has 2 N–H and O–H groups in total. The number of rotatable bonds is 4. The molecule has 21 heavy (non-hydrogen) atoms. The fourth-order valence-corrected chi connectivity index (χ4v) is 2.02. The molecular formula is C13H18N2O5S. The minimum Gasteiger partial charge on any atom is -0.480 e. The molecule has 116 valence electrons. The Morgan fingerprint density at radius 3 is 2.05 bits per heavy atom. The van der Waals surface area contributed by atoms with E-state index in [2.05, 4.69) is 5.32 Å². The van der Waals surface area contributed by atoms with Crippen LogP contribution in [0.15, 0.2) is 29.2 Å². The number of hydrogen-bond acceptors (Lipinski definition) is 4. The molecular weight excluding hydrogens is 296 g/mol. The largest absolute Gasteiger partial charge is 0.480 e. The van der Waals surface area contributed by atoms with E-state index in [1.54, 1.807) is 0 Å². The molecule has 0 aliphatic rings. The normalized spacial score (nSPS) is 11.8. The molecule has 1 aromatic rings. The number of benzene rings is 1. The van der Waals surface area contributed by atoms with Crippen molar-refractivity contribution in [2.24, 2.45) is 0 Å². The van der Waals surface area contributed by atoms with Gasteiger partial charge >= 0.3 is 12.0 Å². The summed E-state index contributed by atoms with van der Waals surface area (Å²) >= 11 is 0. The maximum absolute atomic E-state index is 12.0. The molecule has 1 rings (SSSR count). The number of nitrogens with one attached hydrogen (secondary N) is 1. The van der Waals surface area contributed by atoms with Crippen LogP contribution in [-0.2, 0) is 14.6 Å². The summed E-state index contributed by atoms with van der Waals surface area (Å²) in [5.74, 6) is -1.13. The number of sulfone groups is 1. The van der Waals surface area contributed by atoms with Gasteiger partial charge in [0, 0.05) is 19.0 Å². The Morgan fingerprint density at radius 2 is 1.67 bits per heavy atom. The van der Waals surface area contributed by atoms with Gasteiger partial charge in [-0.3, -0.25) is 0 Å². The minimum atomic E-state index is -3.30. The van der Waals surface area contributed by atoms with Crippen molar-refractivity contribution in [3.63, 3.8) is 0 Å². The molecule has 7 nitrogen and oxygen atoms in total. The molecule has 0 spiro atoms. The molecule has 1 aromatic carbocycles. The van der Waals surface area contributed by atoms with Gasteiger partial charge in [-0.25, -0.2) is 18.0 Å². The first-order valence-corrected chi connectivity index (χ1v) is 7.93. The Balaban J connectivity index is 2.87. The van der Waals surface area contributed by atoms with Gasteiger partial charge in [-0.05, 0) is 38.1 Å². The van der Waals surface area contributed by atoms with Crippen molar-refractivity contribution in [2.75, 3.05) is 18.6 Å².